The number of nitrogens with two attached hydrogens (primary N) is 1. The van der Waals surface area contributed by atoms with Gasteiger partial charge in [-0.15, -0.1) is 0 Å². The van der Waals surface area contributed by atoms with Crippen molar-refractivity contribution in [3.05, 3.63) is 42.5 Å². The molecular formula is C16H20N4. The van der Waals surface area contributed by atoms with Gasteiger partial charge in [0.15, 0.2) is 0 Å². The molecule has 0 fully saturated rings. The Labute approximate surface area is 118 Å². The van der Waals surface area contributed by atoms with Gasteiger partial charge in [-0.25, -0.2) is 4.98 Å². The lowest BCUT2D eigenvalue weighted by Crippen LogP contribution is -2.29. The molecule has 0 aliphatic carbocycles. The average Bonchev–Trinajstić information content (AvgIpc) is 3.05. The Morgan fingerprint density at radius 1 is 1.30 bits per heavy atom. The SMILES string of the molecule is Cn1cc(-c2cnc(C(C)(C)CN)[nH]2)c2ccccc21. The largest absolute Gasteiger partial charge is 0.350 e. The number of aromatic nitrogens is 3. The highest BCUT2D eigenvalue weighted by Crippen LogP contribution is 2.30. The van der Waals surface area contributed by atoms with Crippen molar-refractivity contribution in [3.8, 4) is 11.3 Å². The van der Waals surface area contributed by atoms with E-state index in [0.717, 1.165) is 11.5 Å². The van der Waals surface area contributed by atoms with Crippen LogP contribution >= 0.6 is 0 Å². The van der Waals surface area contributed by atoms with Gasteiger partial charge in [0, 0.05) is 41.7 Å². The molecule has 0 spiro atoms. The molecule has 3 aromatic rings. The average molecular weight is 268 g/mol. The quantitative estimate of drug-likeness (QED) is 0.767. The summed E-state index contributed by atoms with van der Waals surface area (Å²) < 4.78 is 2.14. The lowest BCUT2D eigenvalue weighted by atomic mass is 9.93. The Morgan fingerprint density at radius 3 is 2.80 bits per heavy atom. The Balaban J connectivity index is 2.13. The van der Waals surface area contributed by atoms with Crippen molar-refractivity contribution in [1.29, 1.82) is 0 Å². The first kappa shape index (κ1) is 12.9. The van der Waals surface area contributed by atoms with E-state index in [2.05, 4.69) is 65.9 Å². The van der Waals surface area contributed by atoms with Crippen molar-refractivity contribution >= 4 is 10.9 Å². The number of imidazole rings is 1. The molecule has 0 radical (unpaired) electrons. The van der Waals surface area contributed by atoms with Crippen LogP contribution in [-0.4, -0.2) is 21.1 Å². The summed E-state index contributed by atoms with van der Waals surface area (Å²) in [5, 5.41) is 1.23. The second kappa shape index (κ2) is 4.49. The lowest BCUT2D eigenvalue weighted by molar-refractivity contribution is 0.508. The number of fused-ring (bicyclic) bond motifs is 1. The second-order valence-electron chi connectivity index (χ2n) is 5.90. The highest BCUT2D eigenvalue weighted by Gasteiger charge is 2.22. The van der Waals surface area contributed by atoms with Crippen molar-refractivity contribution in [1.82, 2.24) is 14.5 Å². The Morgan fingerprint density at radius 2 is 2.05 bits per heavy atom. The summed E-state index contributed by atoms with van der Waals surface area (Å²) in [5.41, 5.74) is 9.12. The van der Waals surface area contributed by atoms with Crippen LogP contribution in [0.15, 0.2) is 36.7 Å². The lowest BCUT2D eigenvalue weighted by Gasteiger charge is -2.18. The molecule has 3 rings (SSSR count). The summed E-state index contributed by atoms with van der Waals surface area (Å²) in [6.07, 6.45) is 4.03. The Kier molecular flexibility index (Phi) is 2.91. The summed E-state index contributed by atoms with van der Waals surface area (Å²) in [4.78, 5) is 7.93. The minimum absolute atomic E-state index is 0.136. The van der Waals surface area contributed by atoms with Gasteiger partial charge in [-0.05, 0) is 6.07 Å². The summed E-state index contributed by atoms with van der Waals surface area (Å²) in [7, 11) is 2.06. The highest BCUT2D eigenvalue weighted by molar-refractivity contribution is 5.95. The first-order valence-electron chi connectivity index (χ1n) is 6.83. The zero-order chi connectivity index (χ0) is 14.3. The summed E-state index contributed by atoms with van der Waals surface area (Å²) in [6, 6.07) is 8.38. The molecule has 0 aliphatic heterocycles. The van der Waals surface area contributed by atoms with Gasteiger partial charge in [-0.2, -0.15) is 0 Å². The number of H-pyrrole nitrogens is 1. The smallest absolute Gasteiger partial charge is 0.113 e. The van der Waals surface area contributed by atoms with Crippen LogP contribution < -0.4 is 5.73 Å². The summed E-state index contributed by atoms with van der Waals surface area (Å²) in [5.74, 6) is 0.933. The van der Waals surface area contributed by atoms with Gasteiger partial charge in [-0.3, -0.25) is 0 Å². The number of aryl methyl sites for hydroxylation is 1. The van der Waals surface area contributed by atoms with Crippen LogP contribution in [0.5, 0.6) is 0 Å². The van der Waals surface area contributed by atoms with Gasteiger partial charge in [0.05, 0.1) is 11.9 Å². The van der Waals surface area contributed by atoms with Gasteiger partial charge in [-0.1, -0.05) is 32.0 Å². The molecule has 0 amide bonds. The van der Waals surface area contributed by atoms with Gasteiger partial charge < -0.3 is 15.3 Å². The third-order valence-corrected chi connectivity index (χ3v) is 3.91. The minimum atomic E-state index is -0.136. The molecule has 104 valence electrons. The molecular weight excluding hydrogens is 248 g/mol. The molecule has 0 saturated carbocycles. The summed E-state index contributed by atoms with van der Waals surface area (Å²) >= 11 is 0. The van der Waals surface area contributed by atoms with E-state index in [1.807, 2.05) is 6.20 Å². The monoisotopic (exact) mass is 268 g/mol. The minimum Gasteiger partial charge on any atom is -0.350 e. The zero-order valence-electron chi connectivity index (χ0n) is 12.1. The maximum atomic E-state index is 5.82. The fourth-order valence-electron chi connectivity index (χ4n) is 2.46. The van der Waals surface area contributed by atoms with Crippen LogP contribution in [0.1, 0.15) is 19.7 Å². The number of hydrogen-bond donors (Lipinski definition) is 2. The predicted octanol–water partition coefficient (Wildman–Crippen LogP) is 2.80. The summed E-state index contributed by atoms with van der Waals surface area (Å²) in [6.45, 7) is 4.76. The number of hydrogen-bond acceptors (Lipinski definition) is 2. The van der Waals surface area contributed by atoms with Gasteiger partial charge in [0.25, 0.3) is 0 Å². The van der Waals surface area contributed by atoms with Crippen LogP contribution in [0.2, 0.25) is 0 Å². The standard InChI is InChI=1S/C16H20N4/c1-16(2,10-17)15-18-8-13(19-15)12-9-20(3)14-7-5-4-6-11(12)14/h4-9H,10,17H2,1-3H3,(H,18,19). The van der Waals surface area contributed by atoms with Crippen molar-refractivity contribution in [2.75, 3.05) is 6.54 Å². The molecule has 20 heavy (non-hydrogen) atoms. The first-order valence-corrected chi connectivity index (χ1v) is 6.83. The van der Waals surface area contributed by atoms with E-state index >= 15 is 0 Å². The third kappa shape index (κ3) is 1.93. The van der Waals surface area contributed by atoms with E-state index in [9.17, 15) is 0 Å². The maximum absolute atomic E-state index is 5.82. The fraction of sp³-hybridized carbons (Fsp3) is 0.312. The van der Waals surface area contributed by atoms with E-state index in [4.69, 9.17) is 5.73 Å². The molecule has 0 saturated heterocycles. The molecule has 4 heteroatoms. The van der Waals surface area contributed by atoms with Gasteiger partial charge in [0.2, 0.25) is 0 Å². The fourth-order valence-corrected chi connectivity index (χ4v) is 2.46. The molecule has 3 N–H and O–H groups in total. The number of para-hydroxylation sites is 1. The molecule has 2 heterocycles. The number of aromatic amines is 1. The van der Waals surface area contributed by atoms with Crippen LogP contribution in [0.4, 0.5) is 0 Å². The third-order valence-electron chi connectivity index (χ3n) is 3.91. The molecule has 2 aromatic heterocycles. The number of benzene rings is 1. The van der Waals surface area contributed by atoms with Crippen LogP contribution in [0, 0.1) is 0 Å². The normalized spacial score (nSPS) is 12.2. The Bertz CT molecular complexity index is 749. The van der Waals surface area contributed by atoms with Crippen molar-refractivity contribution in [3.63, 3.8) is 0 Å². The molecule has 0 atom stereocenters. The van der Waals surface area contributed by atoms with E-state index in [0.29, 0.717) is 6.54 Å². The van der Waals surface area contributed by atoms with Gasteiger partial charge >= 0.3 is 0 Å². The predicted molar refractivity (Wildman–Crippen MR) is 82.6 cm³/mol. The Hall–Kier alpha value is -2.07. The van der Waals surface area contributed by atoms with E-state index in [1.165, 1.54) is 16.5 Å². The molecule has 4 nitrogen and oxygen atoms in total. The van der Waals surface area contributed by atoms with E-state index in [-0.39, 0.29) is 5.41 Å². The molecule has 0 bridgehead atoms. The van der Waals surface area contributed by atoms with E-state index in [1.54, 1.807) is 0 Å². The number of rotatable bonds is 3. The van der Waals surface area contributed by atoms with Crippen molar-refractivity contribution < 1.29 is 0 Å². The molecule has 0 unspecified atom stereocenters. The van der Waals surface area contributed by atoms with Crippen LogP contribution in [0.25, 0.3) is 22.2 Å². The van der Waals surface area contributed by atoms with Crippen molar-refractivity contribution in [2.45, 2.75) is 19.3 Å². The highest BCUT2D eigenvalue weighted by atomic mass is 15.0. The maximum Gasteiger partial charge on any atom is 0.113 e. The van der Waals surface area contributed by atoms with E-state index < -0.39 is 0 Å². The molecule has 1 aromatic carbocycles. The number of nitrogens with zero attached hydrogens (tertiary/aromatic N) is 2. The first-order chi connectivity index (χ1) is 9.53. The second-order valence-corrected chi connectivity index (χ2v) is 5.90. The number of nitrogens with one attached hydrogen (secondary N) is 1. The van der Waals surface area contributed by atoms with Crippen LogP contribution in [0.3, 0.4) is 0 Å². The topological polar surface area (TPSA) is 59.6 Å². The zero-order valence-corrected chi connectivity index (χ0v) is 12.1. The van der Waals surface area contributed by atoms with Crippen LogP contribution in [-0.2, 0) is 12.5 Å². The van der Waals surface area contributed by atoms with Gasteiger partial charge in [0.1, 0.15) is 5.82 Å². The molecule has 0 aliphatic rings. The van der Waals surface area contributed by atoms with Crippen molar-refractivity contribution in [2.24, 2.45) is 12.8 Å².